The van der Waals surface area contributed by atoms with Gasteiger partial charge in [0.15, 0.2) is 0 Å². The van der Waals surface area contributed by atoms with Crippen LogP contribution in [0, 0.1) is 0 Å². The summed E-state index contributed by atoms with van der Waals surface area (Å²) in [5.41, 5.74) is -0.822. The Labute approximate surface area is 95.0 Å². The van der Waals surface area contributed by atoms with Crippen LogP contribution in [0.3, 0.4) is 0 Å². The molecule has 0 fully saturated rings. The number of carbonyl (C=O) groups excluding carboxylic acids is 1. The van der Waals surface area contributed by atoms with E-state index >= 15 is 0 Å². The molecule has 0 aromatic heterocycles. The zero-order chi connectivity index (χ0) is 12.8. The molecule has 6 nitrogen and oxygen atoms in total. The molecule has 94 valence electrons. The Morgan fingerprint density at radius 3 is 2.31 bits per heavy atom. The van der Waals surface area contributed by atoms with E-state index < -0.39 is 23.5 Å². The lowest BCUT2D eigenvalue weighted by atomic mass is 10.0. The van der Waals surface area contributed by atoms with Gasteiger partial charge in [0.05, 0.1) is 5.54 Å². The van der Waals surface area contributed by atoms with E-state index in [9.17, 15) is 9.59 Å². The predicted octanol–water partition coefficient (Wildman–Crippen LogP) is -0.674. The summed E-state index contributed by atoms with van der Waals surface area (Å²) >= 11 is 0. The predicted molar refractivity (Wildman–Crippen MR) is 59.0 cm³/mol. The van der Waals surface area contributed by atoms with Crippen molar-refractivity contribution in [1.82, 2.24) is 10.6 Å². The molecule has 1 amide bonds. The average Bonchev–Trinajstić information content (AvgIpc) is 2.16. The first-order chi connectivity index (χ1) is 7.35. The number of hydrogen-bond acceptors (Lipinski definition) is 4. The largest absolute Gasteiger partial charge is 0.480 e. The number of nitrogens with one attached hydrogen (secondary N) is 2. The monoisotopic (exact) mass is 232 g/mol. The Hall–Kier alpha value is -1.14. The lowest BCUT2D eigenvalue weighted by Gasteiger charge is -2.26. The number of carboxylic acid groups (broad SMARTS) is 1. The molecular weight excluding hydrogens is 212 g/mol. The maximum Gasteiger partial charge on any atom is 0.326 e. The summed E-state index contributed by atoms with van der Waals surface area (Å²) in [6.07, 6.45) is 0.00325. The molecule has 0 aliphatic rings. The number of aliphatic hydroxyl groups excluding tert-OH is 1. The number of carboxylic acids is 1. The molecule has 0 radical (unpaired) electrons. The minimum Gasteiger partial charge on any atom is -0.480 e. The van der Waals surface area contributed by atoms with Gasteiger partial charge in [0.1, 0.15) is 6.04 Å². The first-order valence-corrected chi connectivity index (χ1v) is 5.24. The summed E-state index contributed by atoms with van der Waals surface area (Å²) < 4.78 is 0. The maximum atomic E-state index is 11.7. The van der Waals surface area contributed by atoms with Crippen molar-refractivity contribution in [3.63, 3.8) is 0 Å². The highest BCUT2D eigenvalue weighted by atomic mass is 16.4. The Morgan fingerprint density at radius 2 is 1.94 bits per heavy atom. The fourth-order valence-corrected chi connectivity index (χ4v) is 1.25. The van der Waals surface area contributed by atoms with E-state index in [-0.39, 0.29) is 13.0 Å². The van der Waals surface area contributed by atoms with Gasteiger partial charge in [-0.1, -0.05) is 6.92 Å². The summed E-state index contributed by atoms with van der Waals surface area (Å²) in [6.45, 7) is 5.53. The number of carbonyl (C=O) groups is 2. The summed E-state index contributed by atoms with van der Waals surface area (Å²) in [5.74, 6) is -1.54. The number of aliphatic hydroxyl groups is 1. The lowest BCUT2D eigenvalue weighted by Crippen LogP contribution is -2.56. The minimum atomic E-state index is -1.14. The third kappa shape index (κ3) is 4.59. The standard InChI is InChI=1S/C10H20N2O4/c1-4-11-10(2,3)9(16)12-7(5-6-13)8(14)15/h7,11,13H,4-6H2,1-3H3,(H,12,16)(H,14,15)/t7-/m1/s1. The molecule has 0 rings (SSSR count). The molecule has 0 spiro atoms. The molecule has 0 aromatic carbocycles. The molecule has 0 bridgehead atoms. The molecule has 4 N–H and O–H groups in total. The van der Waals surface area contributed by atoms with Gasteiger partial charge in [0, 0.05) is 13.0 Å². The lowest BCUT2D eigenvalue weighted by molar-refractivity contribution is -0.143. The molecular formula is C10H20N2O4. The Balaban J connectivity index is 4.44. The Morgan fingerprint density at radius 1 is 1.38 bits per heavy atom. The van der Waals surface area contributed by atoms with Gasteiger partial charge in [0.2, 0.25) is 5.91 Å². The third-order valence-corrected chi connectivity index (χ3v) is 2.21. The van der Waals surface area contributed by atoms with Crippen molar-refractivity contribution in [2.75, 3.05) is 13.2 Å². The number of aliphatic carboxylic acids is 1. The normalized spacial score (nSPS) is 13.2. The molecule has 0 unspecified atom stereocenters. The molecule has 6 heteroatoms. The van der Waals surface area contributed by atoms with Crippen molar-refractivity contribution >= 4 is 11.9 Å². The van der Waals surface area contributed by atoms with Crippen molar-refractivity contribution in [2.24, 2.45) is 0 Å². The fourth-order valence-electron chi connectivity index (χ4n) is 1.25. The fraction of sp³-hybridized carbons (Fsp3) is 0.800. The van der Waals surface area contributed by atoms with Crippen LogP contribution in [-0.2, 0) is 9.59 Å². The molecule has 16 heavy (non-hydrogen) atoms. The highest BCUT2D eigenvalue weighted by molar-refractivity contribution is 5.89. The zero-order valence-corrected chi connectivity index (χ0v) is 9.91. The van der Waals surface area contributed by atoms with Crippen LogP contribution in [0.2, 0.25) is 0 Å². The third-order valence-electron chi connectivity index (χ3n) is 2.21. The van der Waals surface area contributed by atoms with Gasteiger partial charge >= 0.3 is 5.97 Å². The topological polar surface area (TPSA) is 98.7 Å². The van der Waals surface area contributed by atoms with Crippen LogP contribution in [-0.4, -0.2) is 46.8 Å². The molecule has 0 aliphatic carbocycles. The smallest absolute Gasteiger partial charge is 0.326 e. The molecule has 1 atom stereocenters. The molecule has 0 aromatic rings. The first-order valence-electron chi connectivity index (χ1n) is 5.24. The van der Waals surface area contributed by atoms with Gasteiger partial charge in [0.25, 0.3) is 0 Å². The number of amides is 1. The van der Waals surface area contributed by atoms with Crippen LogP contribution in [0.15, 0.2) is 0 Å². The first kappa shape index (κ1) is 14.9. The van der Waals surface area contributed by atoms with E-state index in [2.05, 4.69) is 10.6 Å². The van der Waals surface area contributed by atoms with Crippen molar-refractivity contribution in [3.8, 4) is 0 Å². The van der Waals surface area contributed by atoms with Crippen LogP contribution in [0.5, 0.6) is 0 Å². The van der Waals surface area contributed by atoms with E-state index in [0.717, 1.165) is 0 Å². The number of hydrogen-bond donors (Lipinski definition) is 4. The maximum absolute atomic E-state index is 11.7. The summed E-state index contributed by atoms with van der Waals surface area (Å²) in [7, 11) is 0. The summed E-state index contributed by atoms with van der Waals surface area (Å²) in [4.78, 5) is 22.5. The highest BCUT2D eigenvalue weighted by Crippen LogP contribution is 2.03. The summed E-state index contributed by atoms with van der Waals surface area (Å²) in [5, 5.41) is 22.8. The van der Waals surface area contributed by atoms with Gasteiger partial charge in [-0.2, -0.15) is 0 Å². The van der Waals surface area contributed by atoms with Gasteiger partial charge < -0.3 is 20.8 Å². The van der Waals surface area contributed by atoms with Crippen LogP contribution in [0.1, 0.15) is 27.2 Å². The zero-order valence-electron chi connectivity index (χ0n) is 9.91. The van der Waals surface area contributed by atoms with E-state index in [4.69, 9.17) is 10.2 Å². The summed E-state index contributed by atoms with van der Waals surface area (Å²) in [6, 6.07) is -1.05. The van der Waals surface area contributed by atoms with Crippen molar-refractivity contribution < 1.29 is 19.8 Å². The Bertz CT molecular complexity index is 253. The van der Waals surface area contributed by atoms with Crippen LogP contribution in [0.4, 0.5) is 0 Å². The molecule has 0 heterocycles. The average molecular weight is 232 g/mol. The van der Waals surface area contributed by atoms with Crippen molar-refractivity contribution in [1.29, 1.82) is 0 Å². The second-order valence-corrected chi connectivity index (χ2v) is 4.03. The number of likely N-dealkylation sites (N-methyl/N-ethyl adjacent to an activating group) is 1. The van der Waals surface area contributed by atoms with Crippen molar-refractivity contribution in [2.45, 2.75) is 38.8 Å². The molecule has 0 saturated carbocycles. The van der Waals surface area contributed by atoms with E-state index in [1.807, 2.05) is 6.92 Å². The quantitative estimate of drug-likeness (QED) is 0.466. The minimum absolute atomic E-state index is 0.00325. The molecule has 0 aliphatic heterocycles. The van der Waals surface area contributed by atoms with Gasteiger partial charge in [-0.25, -0.2) is 4.79 Å². The van der Waals surface area contributed by atoms with E-state index in [1.54, 1.807) is 13.8 Å². The van der Waals surface area contributed by atoms with Gasteiger partial charge in [-0.3, -0.25) is 4.79 Å². The van der Waals surface area contributed by atoms with Crippen LogP contribution >= 0.6 is 0 Å². The van der Waals surface area contributed by atoms with Crippen LogP contribution < -0.4 is 10.6 Å². The second kappa shape index (κ2) is 6.44. The van der Waals surface area contributed by atoms with Gasteiger partial charge in [-0.15, -0.1) is 0 Å². The van der Waals surface area contributed by atoms with Gasteiger partial charge in [-0.05, 0) is 20.4 Å². The number of rotatable bonds is 7. The van der Waals surface area contributed by atoms with Crippen LogP contribution in [0.25, 0.3) is 0 Å². The molecule has 0 saturated heterocycles. The van der Waals surface area contributed by atoms with Crippen molar-refractivity contribution in [3.05, 3.63) is 0 Å². The second-order valence-electron chi connectivity index (χ2n) is 4.03. The highest BCUT2D eigenvalue weighted by Gasteiger charge is 2.30. The van der Waals surface area contributed by atoms with E-state index in [0.29, 0.717) is 6.54 Å². The Kier molecular flexibility index (Phi) is 5.98. The SMILES string of the molecule is CCNC(C)(C)C(=O)N[C@H](CCO)C(=O)O. The van der Waals surface area contributed by atoms with E-state index in [1.165, 1.54) is 0 Å².